The van der Waals surface area contributed by atoms with E-state index < -0.39 is 0 Å². The van der Waals surface area contributed by atoms with Crippen molar-refractivity contribution in [2.24, 2.45) is 5.92 Å². The van der Waals surface area contributed by atoms with Crippen molar-refractivity contribution in [1.29, 1.82) is 0 Å². The van der Waals surface area contributed by atoms with Crippen LogP contribution in [0.1, 0.15) is 35.4 Å². The Morgan fingerprint density at radius 1 is 1.23 bits per heavy atom. The van der Waals surface area contributed by atoms with Gasteiger partial charge in [0.15, 0.2) is 5.69 Å². The number of aromatic nitrogens is 5. The molecule has 0 aromatic carbocycles. The molecule has 154 valence electrons. The average molecular weight is 407 g/mol. The summed E-state index contributed by atoms with van der Waals surface area (Å²) in [4.78, 5) is 25.7. The lowest BCUT2D eigenvalue weighted by Crippen LogP contribution is -2.67. The molecule has 3 aliphatic rings. The van der Waals surface area contributed by atoms with E-state index in [1.807, 2.05) is 24.0 Å². The maximum absolute atomic E-state index is 13.7. The number of amides is 1. The quantitative estimate of drug-likeness (QED) is 0.699. The van der Waals surface area contributed by atoms with Crippen molar-refractivity contribution in [3.8, 4) is 5.69 Å². The van der Waals surface area contributed by atoms with E-state index in [1.165, 1.54) is 23.1 Å². The van der Waals surface area contributed by atoms with Gasteiger partial charge in [0.1, 0.15) is 17.3 Å². The van der Waals surface area contributed by atoms with Gasteiger partial charge in [0, 0.05) is 31.0 Å². The Hall–Kier alpha value is -3.36. The Morgan fingerprint density at radius 3 is 2.80 bits per heavy atom. The van der Waals surface area contributed by atoms with Gasteiger partial charge in [0.05, 0.1) is 17.9 Å². The van der Waals surface area contributed by atoms with Gasteiger partial charge in [-0.1, -0.05) is 0 Å². The summed E-state index contributed by atoms with van der Waals surface area (Å²) in [5.74, 6) is 0.626. The first-order chi connectivity index (χ1) is 14.5. The van der Waals surface area contributed by atoms with Crippen molar-refractivity contribution in [1.82, 2.24) is 29.9 Å². The van der Waals surface area contributed by atoms with Gasteiger partial charge in [-0.3, -0.25) is 4.79 Å². The zero-order chi connectivity index (χ0) is 20.7. The molecule has 1 aliphatic carbocycles. The molecule has 3 aromatic rings. The van der Waals surface area contributed by atoms with Gasteiger partial charge < -0.3 is 10.2 Å². The topological polar surface area (TPSA) is 88.8 Å². The molecule has 2 saturated heterocycles. The van der Waals surface area contributed by atoms with Crippen LogP contribution in [0.2, 0.25) is 0 Å². The zero-order valence-corrected chi connectivity index (χ0v) is 16.6. The predicted molar refractivity (Wildman–Crippen MR) is 108 cm³/mol. The number of fused-ring (bicyclic) bond motifs is 2. The number of rotatable bonds is 5. The fourth-order valence-electron chi connectivity index (χ4n) is 4.64. The fourth-order valence-corrected chi connectivity index (χ4v) is 4.64. The summed E-state index contributed by atoms with van der Waals surface area (Å²) >= 11 is 0. The number of hydrogen-bond acceptors (Lipinski definition) is 6. The van der Waals surface area contributed by atoms with Crippen LogP contribution >= 0.6 is 0 Å². The summed E-state index contributed by atoms with van der Waals surface area (Å²) in [6.45, 7) is 3.05. The van der Waals surface area contributed by atoms with E-state index >= 15 is 0 Å². The first-order valence-electron chi connectivity index (χ1n) is 10.1. The molecule has 0 atom stereocenters. The van der Waals surface area contributed by atoms with Crippen LogP contribution in [0, 0.1) is 18.7 Å². The summed E-state index contributed by atoms with van der Waals surface area (Å²) < 4.78 is 13.5. The number of carbonyl (C=O) groups excluding carboxylic acids is 1. The molecular weight excluding hydrogens is 385 g/mol. The molecule has 5 heterocycles. The molecular formula is C21H22FN7O. The van der Waals surface area contributed by atoms with Gasteiger partial charge >= 0.3 is 0 Å². The maximum Gasteiger partial charge on any atom is 0.275 e. The second kappa shape index (κ2) is 7.16. The predicted octanol–water partition coefficient (Wildman–Crippen LogP) is 2.61. The minimum Gasteiger partial charge on any atom is -0.368 e. The number of carbonyl (C=O) groups is 1. The smallest absolute Gasteiger partial charge is 0.275 e. The van der Waals surface area contributed by atoms with Gasteiger partial charge in [0.2, 0.25) is 0 Å². The molecule has 3 aromatic heterocycles. The summed E-state index contributed by atoms with van der Waals surface area (Å²) in [5.41, 5.74) is 1.34. The summed E-state index contributed by atoms with van der Waals surface area (Å²) in [6.07, 6.45) is 7.39. The Labute approximate surface area is 173 Å². The van der Waals surface area contributed by atoms with Crippen molar-refractivity contribution in [2.75, 3.05) is 18.4 Å². The largest absolute Gasteiger partial charge is 0.368 e. The molecule has 2 bridgehead atoms. The molecule has 6 rings (SSSR count). The number of halogens is 1. The third-order valence-corrected chi connectivity index (χ3v) is 6.09. The molecule has 8 nitrogen and oxygen atoms in total. The standard InChI is InChI=1S/C21H22FN7O/c1-14-2-3-17(29-25-7-8-26-29)19(27-14)20(30)28-9-5-15-11-21(28,12-15)13-24-18-10-16(22)4-6-23-18/h2-4,6-8,10,15H,5,9,11-13H2,1H3,(H,23,24). The van der Waals surface area contributed by atoms with Crippen molar-refractivity contribution < 1.29 is 9.18 Å². The molecule has 1 saturated carbocycles. The van der Waals surface area contributed by atoms with E-state index in [0.29, 0.717) is 36.2 Å². The highest BCUT2D eigenvalue weighted by molar-refractivity contribution is 5.96. The van der Waals surface area contributed by atoms with Crippen LogP contribution in [0.25, 0.3) is 5.69 Å². The number of aryl methyl sites for hydroxylation is 1. The molecule has 0 radical (unpaired) electrons. The SMILES string of the molecule is Cc1ccc(-n2nccn2)c(C(=O)N2CCC3CC2(CNc2cc(F)ccn2)C3)n1. The Bertz CT molecular complexity index is 1080. The first-order valence-corrected chi connectivity index (χ1v) is 10.1. The molecule has 0 spiro atoms. The van der Waals surface area contributed by atoms with Crippen LogP contribution in [0.5, 0.6) is 0 Å². The Balaban J connectivity index is 1.44. The number of piperidine rings is 2. The van der Waals surface area contributed by atoms with Crippen LogP contribution in [0.15, 0.2) is 42.9 Å². The minimum atomic E-state index is -0.339. The number of hydrogen-bond donors (Lipinski definition) is 1. The van der Waals surface area contributed by atoms with E-state index in [9.17, 15) is 9.18 Å². The highest BCUT2D eigenvalue weighted by Crippen LogP contribution is 2.49. The average Bonchev–Trinajstić information content (AvgIpc) is 3.26. The van der Waals surface area contributed by atoms with Crippen molar-refractivity contribution in [3.63, 3.8) is 0 Å². The number of pyridine rings is 2. The van der Waals surface area contributed by atoms with E-state index in [-0.39, 0.29) is 17.3 Å². The van der Waals surface area contributed by atoms with Crippen molar-refractivity contribution in [3.05, 3.63) is 60.1 Å². The van der Waals surface area contributed by atoms with Gasteiger partial charge in [-0.15, -0.1) is 4.80 Å². The third kappa shape index (κ3) is 3.20. The molecule has 9 heteroatoms. The van der Waals surface area contributed by atoms with E-state index in [2.05, 4.69) is 25.5 Å². The Morgan fingerprint density at radius 2 is 2.03 bits per heavy atom. The van der Waals surface area contributed by atoms with E-state index in [0.717, 1.165) is 25.0 Å². The van der Waals surface area contributed by atoms with Crippen molar-refractivity contribution in [2.45, 2.75) is 31.7 Å². The second-order valence-corrected chi connectivity index (χ2v) is 8.10. The van der Waals surface area contributed by atoms with Crippen molar-refractivity contribution >= 4 is 11.7 Å². The fraction of sp³-hybridized carbons (Fsp3) is 0.381. The molecule has 2 aliphatic heterocycles. The van der Waals surface area contributed by atoms with Gasteiger partial charge in [0.25, 0.3) is 5.91 Å². The lowest BCUT2D eigenvalue weighted by atomic mass is 9.62. The zero-order valence-electron chi connectivity index (χ0n) is 16.6. The monoisotopic (exact) mass is 407 g/mol. The molecule has 0 unspecified atom stereocenters. The summed E-state index contributed by atoms with van der Waals surface area (Å²) in [6, 6.07) is 6.35. The van der Waals surface area contributed by atoms with Crippen LogP contribution in [0.3, 0.4) is 0 Å². The van der Waals surface area contributed by atoms with Crippen LogP contribution in [0.4, 0.5) is 10.2 Å². The van der Waals surface area contributed by atoms with Crippen LogP contribution < -0.4 is 5.32 Å². The minimum absolute atomic E-state index is 0.127. The molecule has 1 N–H and O–H groups in total. The van der Waals surface area contributed by atoms with Gasteiger partial charge in [-0.25, -0.2) is 14.4 Å². The number of nitrogens with one attached hydrogen (secondary N) is 1. The van der Waals surface area contributed by atoms with Crippen LogP contribution in [-0.2, 0) is 0 Å². The lowest BCUT2D eigenvalue weighted by Gasteiger charge is -2.59. The maximum atomic E-state index is 13.7. The summed E-state index contributed by atoms with van der Waals surface area (Å²) in [7, 11) is 0. The lowest BCUT2D eigenvalue weighted by molar-refractivity contribution is -0.0490. The van der Waals surface area contributed by atoms with Gasteiger partial charge in [-0.05, 0) is 50.3 Å². The number of anilines is 1. The van der Waals surface area contributed by atoms with E-state index in [4.69, 9.17) is 0 Å². The van der Waals surface area contributed by atoms with Crippen LogP contribution in [-0.4, -0.2) is 54.4 Å². The third-order valence-electron chi connectivity index (χ3n) is 6.09. The normalized spacial score (nSPS) is 22.5. The molecule has 1 amide bonds. The molecule has 30 heavy (non-hydrogen) atoms. The number of nitrogens with zero attached hydrogens (tertiary/aromatic N) is 6. The highest BCUT2D eigenvalue weighted by Gasteiger charge is 2.54. The second-order valence-electron chi connectivity index (χ2n) is 8.10. The van der Waals surface area contributed by atoms with Gasteiger partial charge in [-0.2, -0.15) is 10.2 Å². The summed E-state index contributed by atoms with van der Waals surface area (Å²) in [5, 5.41) is 11.6. The molecule has 3 fully saturated rings. The highest BCUT2D eigenvalue weighted by atomic mass is 19.1. The van der Waals surface area contributed by atoms with E-state index in [1.54, 1.807) is 12.4 Å². The Kier molecular flexibility index (Phi) is 4.45. The first kappa shape index (κ1) is 18.7.